The summed E-state index contributed by atoms with van der Waals surface area (Å²) in [6.45, 7) is 4.71. The van der Waals surface area contributed by atoms with Crippen LogP contribution in [0, 0.1) is 23.7 Å². The van der Waals surface area contributed by atoms with Gasteiger partial charge in [0.25, 0.3) is 0 Å². The van der Waals surface area contributed by atoms with Gasteiger partial charge in [0.05, 0.1) is 12.1 Å². The van der Waals surface area contributed by atoms with E-state index in [1.165, 1.54) is 32.1 Å². The number of para-hydroxylation sites is 2. The van der Waals surface area contributed by atoms with Gasteiger partial charge in [-0.25, -0.2) is 0 Å². The summed E-state index contributed by atoms with van der Waals surface area (Å²) in [7, 11) is 0. The van der Waals surface area contributed by atoms with Gasteiger partial charge in [0, 0.05) is 19.0 Å². The van der Waals surface area contributed by atoms with Crippen LogP contribution in [0.1, 0.15) is 52.4 Å². The molecule has 5 fully saturated rings. The maximum absolute atomic E-state index is 13.0. The van der Waals surface area contributed by atoms with Crippen molar-refractivity contribution in [3.05, 3.63) is 24.3 Å². The van der Waals surface area contributed by atoms with Crippen molar-refractivity contribution in [3.8, 4) is 11.5 Å². The fraction of sp³-hybridized carbons (Fsp3) is 0.708. The molecular weight excluding hydrogens is 364 g/mol. The minimum Gasteiger partial charge on any atom is -0.487 e. The largest absolute Gasteiger partial charge is 0.487 e. The summed E-state index contributed by atoms with van der Waals surface area (Å²) >= 11 is 0. The van der Waals surface area contributed by atoms with Gasteiger partial charge in [0.2, 0.25) is 5.91 Å². The molecule has 0 radical (unpaired) electrons. The summed E-state index contributed by atoms with van der Waals surface area (Å²) in [5.74, 6) is 4.98. The Hall–Kier alpha value is -1.75. The molecule has 6 rings (SSSR count). The van der Waals surface area contributed by atoms with Crippen LogP contribution in [0.5, 0.6) is 11.5 Å². The topological polar surface area (TPSA) is 59.6 Å². The summed E-state index contributed by atoms with van der Waals surface area (Å²) < 4.78 is 12.1. The van der Waals surface area contributed by atoms with Crippen molar-refractivity contribution in [1.29, 1.82) is 0 Å². The number of carbonyl (C=O) groups is 1. The van der Waals surface area contributed by atoms with Crippen molar-refractivity contribution in [2.45, 2.75) is 76.7 Å². The van der Waals surface area contributed by atoms with E-state index in [1.807, 2.05) is 38.1 Å². The molecule has 5 nitrogen and oxygen atoms in total. The van der Waals surface area contributed by atoms with Crippen molar-refractivity contribution in [2.24, 2.45) is 23.7 Å². The highest BCUT2D eigenvalue weighted by atomic mass is 16.5. The number of hydrogen-bond donors (Lipinski definition) is 2. The van der Waals surface area contributed by atoms with Crippen LogP contribution < -0.4 is 20.1 Å². The zero-order valence-corrected chi connectivity index (χ0v) is 17.6. The highest BCUT2D eigenvalue weighted by Crippen LogP contribution is 2.53. The van der Waals surface area contributed by atoms with Gasteiger partial charge in [0.1, 0.15) is 6.10 Å². The second-order valence-electron chi connectivity index (χ2n) is 10.0. The van der Waals surface area contributed by atoms with Gasteiger partial charge in [0.15, 0.2) is 11.5 Å². The van der Waals surface area contributed by atoms with Crippen molar-refractivity contribution < 1.29 is 14.3 Å². The van der Waals surface area contributed by atoms with E-state index in [9.17, 15) is 4.79 Å². The fourth-order valence-corrected chi connectivity index (χ4v) is 6.50. The number of carbonyl (C=O) groups excluding carboxylic acids is 1. The molecule has 0 unspecified atom stereocenters. The van der Waals surface area contributed by atoms with E-state index in [-0.39, 0.29) is 24.2 Å². The normalized spacial score (nSPS) is 37.7. The summed E-state index contributed by atoms with van der Waals surface area (Å²) in [6, 6.07) is 8.04. The quantitative estimate of drug-likeness (QED) is 0.770. The molecule has 4 bridgehead atoms. The van der Waals surface area contributed by atoms with Crippen LogP contribution in [0.25, 0.3) is 0 Å². The molecule has 4 saturated carbocycles. The predicted octanol–water partition coefficient (Wildman–Crippen LogP) is 3.52. The number of rotatable bonds is 6. The third-order valence-electron chi connectivity index (χ3n) is 7.45. The second-order valence-corrected chi connectivity index (χ2v) is 10.0. The molecule has 5 aliphatic rings. The molecule has 1 aromatic carbocycles. The number of benzene rings is 1. The van der Waals surface area contributed by atoms with Crippen molar-refractivity contribution in [1.82, 2.24) is 10.6 Å². The van der Waals surface area contributed by atoms with Crippen LogP contribution in [0.15, 0.2) is 24.3 Å². The average Bonchev–Trinajstić information content (AvgIpc) is 3.14. The highest BCUT2D eigenvalue weighted by molar-refractivity contribution is 5.82. The summed E-state index contributed by atoms with van der Waals surface area (Å²) in [4.78, 5) is 13.0. The van der Waals surface area contributed by atoms with Gasteiger partial charge in [-0.15, -0.1) is 0 Å². The molecule has 5 heteroatoms. The van der Waals surface area contributed by atoms with Crippen LogP contribution in [0.2, 0.25) is 0 Å². The fourth-order valence-electron chi connectivity index (χ4n) is 6.50. The molecule has 1 heterocycles. The molecule has 1 aliphatic heterocycles. The second kappa shape index (κ2) is 7.82. The van der Waals surface area contributed by atoms with Gasteiger partial charge >= 0.3 is 0 Å². The first kappa shape index (κ1) is 19.2. The van der Waals surface area contributed by atoms with Crippen LogP contribution in [0.4, 0.5) is 0 Å². The highest BCUT2D eigenvalue weighted by Gasteiger charge is 2.49. The predicted molar refractivity (Wildman–Crippen MR) is 112 cm³/mol. The molecule has 1 amide bonds. The molecule has 1 saturated heterocycles. The minimum absolute atomic E-state index is 0.0128. The Labute approximate surface area is 173 Å². The van der Waals surface area contributed by atoms with Crippen LogP contribution in [-0.2, 0) is 4.79 Å². The van der Waals surface area contributed by atoms with E-state index < -0.39 is 0 Å². The first-order valence-corrected chi connectivity index (χ1v) is 11.5. The summed E-state index contributed by atoms with van der Waals surface area (Å²) in [5, 5.41) is 6.83. The summed E-state index contributed by atoms with van der Waals surface area (Å²) in [5.41, 5.74) is 0. The Balaban J connectivity index is 1.17. The third-order valence-corrected chi connectivity index (χ3v) is 7.45. The number of hydrogen-bond acceptors (Lipinski definition) is 4. The molecule has 4 aliphatic carbocycles. The molecule has 0 spiro atoms. The lowest BCUT2D eigenvalue weighted by molar-refractivity contribution is -0.126. The summed E-state index contributed by atoms with van der Waals surface area (Å²) in [6.07, 6.45) is 7.54. The number of ether oxygens (including phenoxy) is 2. The molecule has 29 heavy (non-hydrogen) atoms. The van der Waals surface area contributed by atoms with Crippen LogP contribution in [-0.4, -0.2) is 36.7 Å². The minimum atomic E-state index is -0.157. The zero-order valence-electron chi connectivity index (χ0n) is 17.6. The first-order valence-electron chi connectivity index (χ1n) is 11.5. The smallest absolute Gasteiger partial charge is 0.237 e. The van der Waals surface area contributed by atoms with Gasteiger partial charge in [-0.2, -0.15) is 0 Å². The zero-order chi connectivity index (χ0) is 20.0. The van der Waals surface area contributed by atoms with Crippen molar-refractivity contribution in [2.75, 3.05) is 6.54 Å². The standard InChI is InChI=1S/C24H34N2O3/c1-14(2)28-21-5-3-4-6-22(21)29-19-12-20(25-13-19)24(27)26-23-17-8-15-7-16(10-17)11-18(23)9-15/h3-6,14-20,23,25H,7-13H2,1-2H3,(H,26,27)/t15?,16?,17?,18?,19-,20-,23?/m0/s1. The van der Waals surface area contributed by atoms with E-state index in [0.29, 0.717) is 30.8 Å². The van der Waals surface area contributed by atoms with Crippen LogP contribution >= 0.6 is 0 Å². The lowest BCUT2D eigenvalue weighted by Crippen LogP contribution is -2.58. The Kier molecular flexibility index (Phi) is 5.19. The van der Waals surface area contributed by atoms with Crippen LogP contribution in [0.3, 0.4) is 0 Å². The number of amides is 1. The molecule has 0 aromatic heterocycles. The van der Waals surface area contributed by atoms with E-state index in [2.05, 4.69) is 10.6 Å². The van der Waals surface area contributed by atoms with Gasteiger partial charge in [-0.3, -0.25) is 4.79 Å². The molecule has 2 atom stereocenters. The Morgan fingerprint density at radius 2 is 1.66 bits per heavy atom. The monoisotopic (exact) mass is 398 g/mol. The van der Waals surface area contributed by atoms with Gasteiger partial charge in [-0.05, 0) is 81.8 Å². The maximum Gasteiger partial charge on any atom is 0.237 e. The first-order chi connectivity index (χ1) is 14.0. The molecular formula is C24H34N2O3. The molecule has 2 N–H and O–H groups in total. The Morgan fingerprint density at radius 3 is 2.31 bits per heavy atom. The Morgan fingerprint density at radius 1 is 1.00 bits per heavy atom. The third kappa shape index (κ3) is 3.98. The molecule has 158 valence electrons. The lowest BCUT2D eigenvalue weighted by Gasteiger charge is -2.54. The number of nitrogens with one attached hydrogen (secondary N) is 2. The SMILES string of the molecule is CC(C)Oc1ccccc1O[C@@H]1CN[C@H](C(=O)NC2C3CC4CC(C3)CC2C4)C1. The van der Waals surface area contributed by atoms with E-state index in [4.69, 9.17) is 9.47 Å². The van der Waals surface area contributed by atoms with Gasteiger partial charge < -0.3 is 20.1 Å². The average molecular weight is 399 g/mol. The van der Waals surface area contributed by atoms with Crippen molar-refractivity contribution >= 4 is 5.91 Å². The van der Waals surface area contributed by atoms with Gasteiger partial charge in [-0.1, -0.05) is 12.1 Å². The Bertz CT molecular complexity index is 721. The molecule has 1 aromatic rings. The van der Waals surface area contributed by atoms with E-state index in [1.54, 1.807) is 0 Å². The van der Waals surface area contributed by atoms with E-state index in [0.717, 1.165) is 23.3 Å². The maximum atomic E-state index is 13.0. The lowest BCUT2D eigenvalue weighted by atomic mass is 9.54. The van der Waals surface area contributed by atoms with E-state index >= 15 is 0 Å². The van der Waals surface area contributed by atoms with Crippen molar-refractivity contribution in [3.63, 3.8) is 0 Å².